The molecule has 3 aromatic rings. The SMILES string of the molecule is O=C(Nc1cccc(-n2ccnc2)c1)NC1(CN2CCCC2Cc2ccc(F)cc2)CCC1. The van der Waals surface area contributed by atoms with Gasteiger partial charge in [-0.05, 0) is 81.0 Å². The number of likely N-dealkylation sites (tertiary alicyclic amines) is 1. The number of aromatic nitrogens is 2. The van der Waals surface area contributed by atoms with Crippen LogP contribution in [0.2, 0.25) is 0 Å². The lowest BCUT2D eigenvalue weighted by Gasteiger charge is -2.46. The molecule has 2 fully saturated rings. The molecule has 1 aromatic heterocycles. The van der Waals surface area contributed by atoms with Crippen molar-refractivity contribution in [2.75, 3.05) is 18.4 Å². The minimum absolute atomic E-state index is 0.160. The molecule has 2 amide bonds. The van der Waals surface area contributed by atoms with Gasteiger partial charge in [0.05, 0.1) is 11.9 Å². The van der Waals surface area contributed by atoms with Gasteiger partial charge in [0.2, 0.25) is 0 Å². The fourth-order valence-electron chi connectivity index (χ4n) is 5.10. The second kappa shape index (κ2) is 9.35. The molecule has 2 aliphatic rings. The minimum atomic E-state index is -0.193. The van der Waals surface area contributed by atoms with Gasteiger partial charge >= 0.3 is 6.03 Å². The van der Waals surface area contributed by atoms with Crippen LogP contribution in [0.3, 0.4) is 0 Å². The summed E-state index contributed by atoms with van der Waals surface area (Å²) in [5.41, 5.74) is 2.68. The number of imidazole rings is 1. The second-order valence-electron chi connectivity index (χ2n) is 9.33. The number of hydrogen-bond acceptors (Lipinski definition) is 3. The molecule has 0 spiro atoms. The molecule has 1 aliphatic heterocycles. The highest BCUT2D eigenvalue weighted by molar-refractivity contribution is 5.90. The average molecular weight is 448 g/mol. The Labute approximate surface area is 193 Å². The van der Waals surface area contributed by atoms with E-state index in [0.29, 0.717) is 6.04 Å². The first-order chi connectivity index (χ1) is 16.1. The molecule has 172 valence electrons. The Kier molecular flexibility index (Phi) is 6.13. The monoisotopic (exact) mass is 447 g/mol. The van der Waals surface area contributed by atoms with Gasteiger partial charge in [-0.3, -0.25) is 4.90 Å². The predicted octanol–water partition coefficient (Wildman–Crippen LogP) is 4.76. The summed E-state index contributed by atoms with van der Waals surface area (Å²) in [6.45, 7) is 1.91. The number of benzene rings is 2. The fourth-order valence-corrected chi connectivity index (χ4v) is 5.10. The molecule has 1 aliphatic carbocycles. The predicted molar refractivity (Wildman–Crippen MR) is 127 cm³/mol. The van der Waals surface area contributed by atoms with Crippen LogP contribution < -0.4 is 10.6 Å². The van der Waals surface area contributed by atoms with Gasteiger partial charge in [-0.25, -0.2) is 14.2 Å². The van der Waals surface area contributed by atoms with E-state index < -0.39 is 0 Å². The van der Waals surface area contributed by atoms with Crippen LogP contribution in [0.1, 0.15) is 37.7 Å². The van der Waals surface area contributed by atoms with Crippen molar-refractivity contribution in [1.29, 1.82) is 0 Å². The molecule has 2 heterocycles. The molecule has 6 nitrogen and oxygen atoms in total. The fraction of sp³-hybridized carbons (Fsp3) is 0.385. The average Bonchev–Trinajstić information content (AvgIpc) is 3.47. The third kappa shape index (κ3) is 5.09. The summed E-state index contributed by atoms with van der Waals surface area (Å²) in [5, 5.41) is 6.30. The van der Waals surface area contributed by atoms with E-state index in [0.717, 1.165) is 63.0 Å². The number of hydrogen-bond donors (Lipinski definition) is 2. The summed E-state index contributed by atoms with van der Waals surface area (Å²) < 4.78 is 15.2. The van der Waals surface area contributed by atoms with Crippen molar-refractivity contribution in [3.8, 4) is 5.69 Å². The summed E-state index contributed by atoms with van der Waals surface area (Å²) in [6, 6.07) is 14.9. The quantitative estimate of drug-likeness (QED) is 0.549. The van der Waals surface area contributed by atoms with Crippen LogP contribution in [0, 0.1) is 5.82 Å². The highest BCUT2D eigenvalue weighted by Crippen LogP contribution is 2.35. The van der Waals surface area contributed by atoms with Gasteiger partial charge in [0, 0.05) is 36.4 Å². The third-order valence-corrected chi connectivity index (χ3v) is 6.99. The maximum atomic E-state index is 13.3. The molecule has 1 saturated carbocycles. The Hall–Kier alpha value is -3.19. The molecule has 1 saturated heterocycles. The number of carbonyl (C=O) groups excluding carboxylic acids is 1. The first-order valence-electron chi connectivity index (χ1n) is 11.7. The lowest BCUT2D eigenvalue weighted by molar-refractivity contribution is 0.109. The smallest absolute Gasteiger partial charge is 0.319 e. The van der Waals surface area contributed by atoms with Crippen LogP contribution in [0.15, 0.2) is 67.3 Å². The highest BCUT2D eigenvalue weighted by Gasteiger charge is 2.42. The molecule has 7 heteroatoms. The van der Waals surface area contributed by atoms with Gasteiger partial charge in [-0.15, -0.1) is 0 Å². The van der Waals surface area contributed by atoms with Crippen molar-refractivity contribution in [2.45, 2.75) is 50.1 Å². The van der Waals surface area contributed by atoms with E-state index in [2.05, 4.69) is 20.5 Å². The number of halogens is 1. The summed E-state index contributed by atoms with van der Waals surface area (Å²) in [7, 11) is 0. The van der Waals surface area contributed by atoms with Crippen molar-refractivity contribution in [2.24, 2.45) is 0 Å². The normalized spacial score (nSPS) is 19.7. The molecular formula is C26H30FN5O. The minimum Gasteiger partial charge on any atom is -0.331 e. The van der Waals surface area contributed by atoms with E-state index in [4.69, 9.17) is 0 Å². The molecule has 2 aromatic carbocycles. The molecule has 1 unspecified atom stereocenters. The summed E-state index contributed by atoms with van der Waals surface area (Å²) in [5.74, 6) is -0.193. The Morgan fingerprint density at radius 1 is 1.15 bits per heavy atom. The van der Waals surface area contributed by atoms with Gasteiger partial charge in [0.1, 0.15) is 5.82 Å². The van der Waals surface area contributed by atoms with E-state index >= 15 is 0 Å². The molecule has 33 heavy (non-hydrogen) atoms. The first kappa shape index (κ1) is 21.6. The largest absolute Gasteiger partial charge is 0.331 e. The lowest BCUT2D eigenvalue weighted by atomic mass is 9.76. The Balaban J connectivity index is 1.21. The van der Waals surface area contributed by atoms with Crippen LogP contribution in [0.25, 0.3) is 5.69 Å². The Bertz CT molecular complexity index is 1080. The zero-order valence-corrected chi connectivity index (χ0v) is 18.7. The van der Waals surface area contributed by atoms with Crippen LogP contribution in [0.5, 0.6) is 0 Å². The summed E-state index contributed by atoms with van der Waals surface area (Å²) in [6.07, 6.45) is 11.7. The zero-order valence-electron chi connectivity index (χ0n) is 18.7. The molecule has 0 bridgehead atoms. The van der Waals surface area contributed by atoms with Crippen LogP contribution in [-0.4, -0.2) is 45.2 Å². The number of nitrogens with zero attached hydrogens (tertiary/aromatic N) is 3. The molecular weight excluding hydrogens is 417 g/mol. The topological polar surface area (TPSA) is 62.2 Å². The van der Waals surface area contributed by atoms with Gasteiger partial charge in [-0.1, -0.05) is 18.2 Å². The molecule has 1 atom stereocenters. The number of urea groups is 1. The van der Waals surface area contributed by atoms with Crippen molar-refractivity contribution < 1.29 is 9.18 Å². The van der Waals surface area contributed by atoms with Gasteiger partial charge < -0.3 is 15.2 Å². The third-order valence-electron chi connectivity index (χ3n) is 6.99. The number of anilines is 1. The maximum Gasteiger partial charge on any atom is 0.319 e. The van der Waals surface area contributed by atoms with Crippen molar-refractivity contribution >= 4 is 11.7 Å². The standard InChI is InChI=1S/C26H30FN5O/c27-21-9-7-20(8-10-21)16-23-6-2-14-31(23)18-26(11-3-12-26)30-25(33)29-22-4-1-5-24(17-22)32-15-13-28-19-32/h1,4-5,7-10,13,15,17,19,23H,2-3,6,11-12,14,16,18H2,(H2,29,30,33). The van der Waals surface area contributed by atoms with E-state index in [1.54, 1.807) is 12.5 Å². The second-order valence-corrected chi connectivity index (χ2v) is 9.33. The number of amides is 2. The van der Waals surface area contributed by atoms with E-state index in [1.165, 1.54) is 17.7 Å². The lowest BCUT2D eigenvalue weighted by Crippen LogP contribution is -2.61. The van der Waals surface area contributed by atoms with Gasteiger partial charge in [0.15, 0.2) is 0 Å². The Morgan fingerprint density at radius 2 is 2.00 bits per heavy atom. The number of nitrogens with one attached hydrogen (secondary N) is 2. The van der Waals surface area contributed by atoms with E-state index in [-0.39, 0.29) is 17.4 Å². The van der Waals surface area contributed by atoms with Crippen LogP contribution >= 0.6 is 0 Å². The van der Waals surface area contributed by atoms with Crippen molar-refractivity contribution in [3.63, 3.8) is 0 Å². The van der Waals surface area contributed by atoms with Crippen LogP contribution in [-0.2, 0) is 6.42 Å². The highest BCUT2D eigenvalue weighted by atomic mass is 19.1. The van der Waals surface area contributed by atoms with Crippen molar-refractivity contribution in [3.05, 3.63) is 78.6 Å². The van der Waals surface area contributed by atoms with E-state index in [1.807, 2.05) is 47.2 Å². The summed E-state index contributed by atoms with van der Waals surface area (Å²) in [4.78, 5) is 19.5. The number of rotatable bonds is 7. The molecule has 5 rings (SSSR count). The summed E-state index contributed by atoms with van der Waals surface area (Å²) >= 11 is 0. The Morgan fingerprint density at radius 3 is 2.73 bits per heavy atom. The van der Waals surface area contributed by atoms with Crippen molar-refractivity contribution in [1.82, 2.24) is 19.8 Å². The molecule has 0 radical (unpaired) electrons. The van der Waals surface area contributed by atoms with Gasteiger partial charge in [0.25, 0.3) is 0 Å². The zero-order chi connectivity index (χ0) is 22.7. The van der Waals surface area contributed by atoms with Crippen LogP contribution in [0.4, 0.5) is 14.9 Å². The maximum absolute atomic E-state index is 13.3. The first-order valence-corrected chi connectivity index (χ1v) is 11.7. The molecule has 2 N–H and O–H groups in total. The van der Waals surface area contributed by atoms with E-state index in [9.17, 15) is 9.18 Å². The number of carbonyl (C=O) groups is 1. The van der Waals surface area contributed by atoms with Gasteiger partial charge in [-0.2, -0.15) is 0 Å².